The second-order valence-corrected chi connectivity index (χ2v) is 7.55. The minimum atomic E-state index is -0.291. The monoisotopic (exact) mass is 383 g/mol. The van der Waals surface area contributed by atoms with Crippen molar-refractivity contribution in [3.05, 3.63) is 87.5 Å². The van der Waals surface area contributed by atoms with Crippen LogP contribution in [0.4, 0.5) is 4.39 Å². The molecular weight excluding hydrogens is 369 g/mol. The van der Waals surface area contributed by atoms with Gasteiger partial charge in [-0.15, -0.1) is 11.3 Å². The molecule has 0 N–H and O–H groups in total. The van der Waals surface area contributed by atoms with E-state index in [-0.39, 0.29) is 11.4 Å². The van der Waals surface area contributed by atoms with Crippen LogP contribution in [-0.4, -0.2) is 14.5 Å². The van der Waals surface area contributed by atoms with Gasteiger partial charge in [-0.2, -0.15) is 0 Å². The van der Waals surface area contributed by atoms with E-state index in [1.807, 2.05) is 23.6 Å². The van der Waals surface area contributed by atoms with Crippen LogP contribution in [-0.2, 0) is 12.3 Å². The zero-order chi connectivity index (χ0) is 17.9. The molecule has 0 aliphatic rings. The molecule has 0 bridgehead atoms. The van der Waals surface area contributed by atoms with E-state index in [1.165, 1.54) is 35.2 Å². The predicted octanol–water partition coefficient (Wildman–Crippen LogP) is 4.33. The standard InChI is InChI=1S/C19H14FN3OS2/c20-15-3-1-13(2-4-15)11-23-18(24)17-16(7-10-25-17)22-19(23)26-12-14-5-8-21-9-6-14/h1-10H,11-12H2. The third-order valence-electron chi connectivity index (χ3n) is 3.90. The van der Waals surface area contributed by atoms with Crippen molar-refractivity contribution in [1.82, 2.24) is 14.5 Å². The van der Waals surface area contributed by atoms with Crippen LogP contribution in [0.3, 0.4) is 0 Å². The molecular formula is C19H14FN3OS2. The van der Waals surface area contributed by atoms with Gasteiger partial charge in [-0.05, 0) is 46.8 Å². The molecule has 4 aromatic rings. The lowest BCUT2D eigenvalue weighted by molar-refractivity contribution is 0.623. The van der Waals surface area contributed by atoms with Gasteiger partial charge in [-0.25, -0.2) is 9.37 Å². The van der Waals surface area contributed by atoms with Crippen LogP contribution in [0.2, 0.25) is 0 Å². The Hall–Kier alpha value is -2.51. The summed E-state index contributed by atoms with van der Waals surface area (Å²) < 4.78 is 15.5. The first-order chi connectivity index (χ1) is 12.7. The van der Waals surface area contributed by atoms with Crippen molar-refractivity contribution in [1.29, 1.82) is 0 Å². The van der Waals surface area contributed by atoms with Gasteiger partial charge in [-0.1, -0.05) is 23.9 Å². The second-order valence-electron chi connectivity index (χ2n) is 5.69. The number of fused-ring (bicyclic) bond motifs is 1. The summed E-state index contributed by atoms with van der Waals surface area (Å²) in [7, 11) is 0. The molecule has 0 aliphatic carbocycles. The molecule has 0 saturated heterocycles. The highest BCUT2D eigenvalue weighted by molar-refractivity contribution is 7.98. The summed E-state index contributed by atoms with van der Waals surface area (Å²) in [6.45, 7) is 0.360. The Kier molecular flexibility index (Phi) is 4.81. The van der Waals surface area contributed by atoms with Crippen LogP contribution in [0.1, 0.15) is 11.1 Å². The fourth-order valence-electron chi connectivity index (χ4n) is 2.57. The summed E-state index contributed by atoms with van der Waals surface area (Å²) in [5.41, 5.74) is 2.62. The first kappa shape index (κ1) is 16.9. The lowest BCUT2D eigenvalue weighted by Crippen LogP contribution is -2.23. The van der Waals surface area contributed by atoms with E-state index in [0.717, 1.165) is 11.1 Å². The molecule has 1 aromatic carbocycles. The first-order valence-corrected chi connectivity index (χ1v) is 9.81. The number of halogens is 1. The van der Waals surface area contributed by atoms with Crippen LogP contribution < -0.4 is 5.56 Å². The van der Waals surface area contributed by atoms with Gasteiger partial charge in [0.05, 0.1) is 12.1 Å². The Morgan fingerprint density at radius 1 is 1.04 bits per heavy atom. The van der Waals surface area contributed by atoms with Crippen LogP contribution in [0.25, 0.3) is 10.2 Å². The summed E-state index contributed by atoms with van der Waals surface area (Å²) in [5, 5.41) is 2.53. The summed E-state index contributed by atoms with van der Waals surface area (Å²) in [4.78, 5) is 21.6. The topological polar surface area (TPSA) is 47.8 Å². The molecule has 0 unspecified atom stereocenters. The normalized spacial score (nSPS) is 11.1. The van der Waals surface area contributed by atoms with Gasteiger partial charge >= 0.3 is 0 Å². The Bertz CT molecular complexity index is 1090. The molecule has 7 heteroatoms. The number of thiophene rings is 1. The molecule has 0 spiro atoms. The number of hydrogen-bond acceptors (Lipinski definition) is 5. The summed E-state index contributed by atoms with van der Waals surface area (Å²) in [6, 6.07) is 11.9. The molecule has 3 aromatic heterocycles. The number of rotatable bonds is 5. The highest BCUT2D eigenvalue weighted by Gasteiger charge is 2.13. The predicted molar refractivity (Wildman–Crippen MR) is 103 cm³/mol. The third-order valence-corrected chi connectivity index (χ3v) is 5.84. The quantitative estimate of drug-likeness (QED) is 0.380. The number of hydrogen-bond donors (Lipinski definition) is 0. The zero-order valence-electron chi connectivity index (χ0n) is 13.6. The van der Waals surface area contributed by atoms with Crippen molar-refractivity contribution in [2.24, 2.45) is 0 Å². The number of nitrogens with zero attached hydrogens (tertiary/aromatic N) is 3. The highest BCUT2D eigenvalue weighted by Crippen LogP contribution is 2.24. The molecule has 4 nitrogen and oxygen atoms in total. The number of thioether (sulfide) groups is 1. The van der Waals surface area contributed by atoms with E-state index < -0.39 is 0 Å². The van der Waals surface area contributed by atoms with Gasteiger partial charge in [0, 0.05) is 18.1 Å². The zero-order valence-corrected chi connectivity index (χ0v) is 15.3. The van der Waals surface area contributed by atoms with Gasteiger partial charge in [0.2, 0.25) is 0 Å². The van der Waals surface area contributed by atoms with Crippen LogP contribution in [0.5, 0.6) is 0 Å². The van der Waals surface area contributed by atoms with E-state index in [1.54, 1.807) is 29.1 Å². The van der Waals surface area contributed by atoms with E-state index in [4.69, 9.17) is 0 Å². The molecule has 0 radical (unpaired) electrons. The Balaban J connectivity index is 1.72. The number of benzene rings is 1. The fraction of sp³-hybridized carbons (Fsp3) is 0.105. The van der Waals surface area contributed by atoms with Gasteiger partial charge in [0.1, 0.15) is 10.5 Å². The van der Waals surface area contributed by atoms with Crippen LogP contribution in [0, 0.1) is 5.82 Å². The Morgan fingerprint density at radius 2 is 1.81 bits per heavy atom. The lowest BCUT2D eigenvalue weighted by Gasteiger charge is -2.12. The average molecular weight is 383 g/mol. The molecule has 130 valence electrons. The van der Waals surface area contributed by atoms with Gasteiger partial charge in [0.15, 0.2) is 5.16 Å². The molecule has 0 saturated carbocycles. The van der Waals surface area contributed by atoms with Crippen molar-refractivity contribution in [3.63, 3.8) is 0 Å². The average Bonchev–Trinajstić information content (AvgIpc) is 3.14. The molecule has 0 amide bonds. The summed E-state index contributed by atoms with van der Waals surface area (Å²) in [5.74, 6) is 0.397. The van der Waals surface area contributed by atoms with Crippen molar-refractivity contribution in [2.75, 3.05) is 0 Å². The van der Waals surface area contributed by atoms with E-state index in [0.29, 0.717) is 27.7 Å². The van der Waals surface area contributed by atoms with Gasteiger partial charge in [-0.3, -0.25) is 14.3 Å². The highest BCUT2D eigenvalue weighted by atomic mass is 32.2. The molecule has 3 heterocycles. The van der Waals surface area contributed by atoms with Crippen molar-refractivity contribution >= 4 is 33.3 Å². The van der Waals surface area contributed by atoms with E-state index >= 15 is 0 Å². The molecule has 0 aliphatic heterocycles. The smallest absolute Gasteiger partial charge is 0.272 e. The lowest BCUT2D eigenvalue weighted by atomic mass is 10.2. The van der Waals surface area contributed by atoms with Gasteiger partial charge in [0.25, 0.3) is 5.56 Å². The fourth-order valence-corrected chi connectivity index (χ4v) is 4.31. The van der Waals surface area contributed by atoms with Crippen LogP contribution >= 0.6 is 23.1 Å². The maximum Gasteiger partial charge on any atom is 0.272 e. The number of aromatic nitrogens is 3. The van der Waals surface area contributed by atoms with Crippen molar-refractivity contribution in [2.45, 2.75) is 17.5 Å². The minimum Gasteiger partial charge on any atom is -0.282 e. The maximum absolute atomic E-state index is 13.2. The maximum atomic E-state index is 13.2. The Labute approximate surface area is 157 Å². The van der Waals surface area contributed by atoms with Crippen LogP contribution in [0.15, 0.2) is 70.2 Å². The number of pyridine rings is 1. The van der Waals surface area contributed by atoms with Crippen molar-refractivity contribution in [3.8, 4) is 0 Å². The molecule has 0 fully saturated rings. The summed E-state index contributed by atoms with van der Waals surface area (Å²) >= 11 is 2.90. The van der Waals surface area contributed by atoms with Gasteiger partial charge < -0.3 is 0 Å². The molecule has 0 atom stereocenters. The second kappa shape index (κ2) is 7.39. The van der Waals surface area contributed by atoms with Crippen molar-refractivity contribution < 1.29 is 4.39 Å². The first-order valence-electron chi connectivity index (χ1n) is 7.95. The largest absolute Gasteiger partial charge is 0.282 e. The Morgan fingerprint density at radius 3 is 2.58 bits per heavy atom. The SMILES string of the molecule is O=c1c2sccc2nc(SCc2ccncc2)n1Cc1ccc(F)cc1. The summed E-state index contributed by atoms with van der Waals surface area (Å²) in [6.07, 6.45) is 3.49. The van der Waals surface area contributed by atoms with E-state index in [2.05, 4.69) is 9.97 Å². The third kappa shape index (κ3) is 3.54. The van der Waals surface area contributed by atoms with E-state index in [9.17, 15) is 9.18 Å². The molecule has 26 heavy (non-hydrogen) atoms. The molecule has 4 rings (SSSR count). The minimum absolute atomic E-state index is 0.0634.